The van der Waals surface area contributed by atoms with Crippen LogP contribution in [0.5, 0.6) is 0 Å². The Morgan fingerprint density at radius 1 is 1.33 bits per heavy atom. The highest BCUT2D eigenvalue weighted by molar-refractivity contribution is 7.13. The van der Waals surface area contributed by atoms with E-state index in [-0.39, 0.29) is 0 Å². The number of nitrogens with two attached hydrogens (primary N) is 1. The Labute approximate surface area is 92.1 Å². The third-order valence-corrected chi connectivity index (χ3v) is 2.78. The molecule has 5 heteroatoms. The van der Waals surface area contributed by atoms with Crippen LogP contribution in [0.15, 0.2) is 11.6 Å². The number of nitrogens with zero attached hydrogens (tertiary/aromatic N) is 3. The van der Waals surface area contributed by atoms with E-state index in [1.807, 2.05) is 42.3 Å². The van der Waals surface area contributed by atoms with E-state index in [0.717, 1.165) is 17.2 Å². The number of anilines is 1. The van der Waals surface area contributed by atoms with Gasteiger partial charge in [-0.05, 0) is 19.1 Å². The summed E-state index contributed by atoms with van der Waals surface area (Å²) in [4.78, 5) is 8.48. The highest BCUT2D eigenvalue weighted by Crippen LogP contribution is 2.13. The summed E-state index contributed by atoms with van der Waals surface area (Å²) in [5.74, 6) is 0.993. The third-order valence-electron chi connectivity index (χ3n) is 2.09. The molecule has 4 nitrogen and oxygen atoms in total. The maximum atomic E-state index is 5.53. The first-order valence-electron chi connectivity index (χ1n) is 4.54. The maximum absolute atomic E-state index is 5.53. The average molecular weight is 220 g/mol. The Balaban J connectivity index is 2.18. The van der Waals surface area contributed by atoms with E-state index in [1.54, 1.807) is 0 Å². The van der Waals surface area contributed by atoms with Gasteiger partial charge in [0.05, 0.1) is 11.4 Å². The van der Waals surface area contributed by atoms with Crippen LogP contribution < -0.4 is 5.73 Å². The van der Waals surface area contributed by atoms with Crippen molar-refractivity contribution < 1.29 is 0 Å². The number of imidazole rings is 1. The van der Waals surface area contributed by atoms with Gasteiger partial charge in [0.1, 0.15) is 5.82 Å². The smallest absolute Gasteiger partial charge is 0.180 e. The molecule has 15 heavy (non-hydrogen) atoms. The third kappa shape index (κ3) is 2.24. The van der Waals surface area contributed by atoms with Crippen LogP contribution in [-0.4, -0.2) is 14.5 Å². The lowest BCUT2D eigenvalue weighted by atomic mass is 10.3. The fourth-order valence-corrected chi connectivity index (χ4v) is 1.75. The highest BCUT2D eigenvalue weighted by atomic mass is 32.1. The molecule has 0 unspecified atom stereocenters. The molecule has 0 spiro atoms. The Morgan fingerprint density at radius 3 is 2.60 bits per heavy atom. The highest BCUT2D eigenvalue weighted by Gasteiger charge is 1.97. The van der Waals surface area contributed by atoms with Crippen molar-refractivity contribution in [3.8, 4) is 0 Å². The van der Waals surface area contributed by atoms with Crippen LogP contribution in [0.3, 0.4) is 0 Å². The summed E-state index contributed by atoms with van der Waals surface area (Å²) in [6.07, 6.45) is 5.82. The van der Waals surface area contributed by atoms with E-state index in [1.165, 1.54) is 11.3 Å². The predicted molar refractivity (Wildman–Crippen MR) is 63.4 cm³/mol. The van der Waals surface area contributed by atoms with Gasteiger partial charge in [-0.1, -0.05) is 0 Å². The molecule has 0 saturated heterocycles. The molecule has 0 fully saturated rings. The van der Waals surface area contributed by atoms with Crippen LogP contribution in [0.1, 0.15) is 17.2 Å². The second-order valence-electron chi connectivity index (χ2n) is 3.27. The zero-order valence-corrected chi connectivity index (χ0v) is 9.45. The quantitative estimate of drug-likeness (QED) is 0.841. The second-order valence-corrected chi connectivity index (χ2v) is 4.16. The number of hydrogen-bond donors (Lipinski definition) is 1. The van der Waals surface area contributed by atoms with E-state index < -0.39 is 0 Å². The maximum Gasteiger partial charge on any atom is 0.180 e. The Bertz CT molecular complexity index is 476. The molecule has 0 amide bonds. The molecule has 0 atom stereocenters. The summed E-state index contributed by atoms with van der Waals surface area (Å²) in [5.41, 5.74) is 7.34. The van der Waals surface area contributed by atoms with Crippen molar-refractivity contribution in [2.75, 3.05) is 5.73 Å². The molecule has 78 valence electrons. The summed E-state index contributed by atoms with van der Waals surface area (Å²) in [7, 11) is 1.97. The summed E-state index contributed by atoms with van der Waals surface area (Å²) in [5, 5.41) is 2.51. The lowest BCUT2D eigenvalue weighted by Crippen LogP contribution is -1.86. The van der Waals surface area contributed by atoms with E-state index in [0.29, 0.717) is 5.13 Å². The van der Waals surface area contributed by atoms with Crippen molar-refractivity contribution in [3.05, 3.63) is 28.8 Å². The summed E-state index contributed by atoms with van der Waals surface area (Å²) in [6, 6.07) is 0. The minimum atomic E-state index is 0.590. The van der Waals surface area contributed by atoms with Gasteiger partial charge in [-0.25, -0.2) is 9.97 Å². The fourth-order valence-electron chi connectivity index (χ4n) is 1.21. The monoisotopic (exact) mass is 220 g/mol. The number of thiazole rings is 1. The molecule has 2 N–H and O–H groups in total. The molecular weight excluding hydrogens is 208 g/mol. The SMILES string of the molecule is Cc1nc(/C=C/c2csc(N)n2)cn1C. The van der Waals surface area contributed by atoms with Gasteiger partial charge in [-0.15, -0.1) is 11.3 Å². The Kier molecular flexibility index (Phi) is 2.55. The molecule has 2 aromatic heterocycles. The zero-order valence-electron chi connectivity index (χ0n) is 8.64. The van der Waals surface area contributed by atoms with Crippen LogP contribution in [0, 0.1) is 6.92 Å². The lowest BCUT2D eigenvalue weighted by molar-refractivity contribution is 0.858. The Hall–Kier alpha value is -1.62. The van der Waals surface area contributed by atoms with Crippen molar-refractivity contribution in [2.45, 2.75) is 6.92 Å². The minimum absolute atomic E-state index is 0.590. The number of aryl methyl sites for hydroxylation is 2. The van der Waals surface area contributed by atoms with Crippen molar-refractivity contribution in [1.82, 2.24) is 14.5 Å². The topological polar surface area (TPSA) is 56.7 Å². The van der Waals surface area contributed by atoms with Gasteiger partial charge < -0.3 is 10.3 Å². The lowest BCUT2D eigenvalue weighted by Gasteiger charge is -1.87. The van der Waals surface area contributed by atoms with Crippen molar-refractivity contribution in [3.63, 3.8) is 0 Å². The van der Waals surface area contributed by atoms with Gasteiger partial charge in [0, 0.05) is 18.6 Å². The molecule has 2 aromatic rings. The van der Waals surface area contributed by atoms with Crippen LogP contribution in [-0.2, 0) is 7.05 Å². The normalized spacial score (nSPS) is 11.3. The molecule has 0 saturated carbocycles. The van der Waals surface area contributed by atoms with Gasteiger partial charge in [0.15, 0.2) is 5.13 Å². The fraction of sp³-hybridized carbons (Fsp3) is 0.200. The van der Waals surface area contributed by atoms with Crippen LogP contribution in [0.4, 0.5) is 5.13 Å². The van der Waals surface area contributed by atoms with Crippen molar-refractivity contribution >= 4 is 28.6 Å². The van der Waals surface area contributed by atoms with Gasteiger partial charge >= 0.3 is 0 Å². The number of aromatic nitrogens is 3. The predicted octanol–water partition coefficient (Wildman–Crippen LogP) is 1.94. The molecule has 0 aromatic carbocycles. The molecule has 2 heterocycles. The first-order chi connectivity index (χ1) is 7.15. The van der Waals surface area contributed by atoms with Crippen LogP contribution in [0.2, 0.25) is 0 Å². The van der Waals surface area contributed by atoms with Gasteiger partial charge in [-0.2, -0.15) is 0 Å². The zero-order chi connectivity index (χ0) is 10.8. The van der Waals surface area contributed by atoms with Gasteiger partial charge in [0.25, 0.3) is 0 Å². The molecule has 0 radical (unpaired) electrons. The van der Waals surface area contributed by atoms with E-state index in [4.69, 9.17) is 5.73 Å². The number of rotatable bonds is 2. The molecule has 0 aliphatic heterocycles. The second kappa shape index (κ2) is 3.86. The largest absolute Gasteiger partial charge is 0.375 e. The number of hydrogen-bond acceptors (Lipinski definition) is 4. The van der Waals surface area contributed by atoms with Gasteiger partial charge in [0.2, 0.25) is 0 Å². The van der Waals surface area contributed by atoms with E-state index in [2.05, 4.69) is 9.97 Å². The summed E-state index contributed by atoms with van der Waals surface area (Å²) in [6.45, 7) is 1.97. The first kappa shape index (κ1) is 9.92. The van der Waals surface area contributed by atoms with E-state index in [9.17, 15) is 0 Å². The van der Waals surface area contributed by atoms with Gasteiger partial charge in [-0.3, -0.25) is 0 Å². The molecule has 0 aliphatic rings. The number of nitrogen functional groups attached to an aromatic ring is 1. The molecule has 0 bridgehead atoms. The standard InChI is InChI=1S/C10H12N4S/c1-7-12-8(5-14(7)2)3-4-9-6-15-10(11)13-9/h3-6H,1-2H3,(H2,11,13)/b4-3+. The van der Waals surface area contributed by atoms with E-state index >= 15 is 0 Å². The van der Waals surface area contributed by atoms with Crippen molar-refractivity contribution in [2.24, 2.45) is 7.05 Å². The molecular formula is C10H12N4S. The average Bonchev–Trinajstić information content (AvgIpc) is 2.72. The molecule has 2 rings (SSSR count). The Morgan fingerprint density at radius 2 is 2.07 bits per heavy atom. The summed E-state index contributed by atoms with van der Waals surface area (Å²) >= 11 is 1.44. The van der Waals surface area contributed by atoms with Crippen LogP contribution >= 0.6 is 11.3 Å². The molecule has 0 aliphatic carbocycles. The van der Waals surface area contributed by atoms with Crippen LogP contribution in [0.25, 0.3) is 12.2 Å². The minimum Gasteiger partial charge on any atom is -0.375 e. The van der Waals surface area contributed by atoms with Crippen molar-refractivity contribution in [1.29, 1.82) is 0 Å². The first-order valence-corrected chi connectivity index (χ1v) is 5.42. The summed E-state index contributed by atoms with van der Waals surface area (Å²) < 4.78 is 1.98.